The van der Waals surface area contributed by atoms with E-state index in [1.54, 1.807) is 13.0 Å². The molecule has 0 radical (unpaired) electrons. The van der Waals surface area contributed by atoms with E-state index in [4.69, 9.17) is 0 Å². The van der Waals surface area contributed by atoms with Crippen molar-refractivity contribution in [3.8, 4) is 0 Å². The standard InChI is InChI=1S/C19H18F2N2O2/c1-13(16-9-8-15(20)11-17(16)21)23-19(25)12-22-18(24)10-7-14-5-3-2-4-6-14/h2-11,13H,12H2,1H3,(H,22,24)(H,23,25)/b10-7+/t13-/m0/s1. The van der Waals surface area contributed by atoms with E-state index in [-0.39, 0.29) is 12.1 Å². The Morgan fingerprint density at radius 2 is 1.84 bits per heavy atom. The highest BCUT2D eigenvalue weighted by Crippen LogP contribution is 2.17. The van der Waals surface area contributed by atoms with Crippen LogP contribution in [0.5, 0.6) is 0 Å². The Balaban J connectivity index is 1.81. The smallest absolute Gasteiger partial charge is 0.244 e. The van der Waals surface area contributed by atoms with Crippen LogP contribution < -0.4 is 10.6 Å². The van der Waals surface area contributed by atoms with Gasteiger partial charge in [0.25, 0.3) is 0 Å². The molecule has 0 aliphatic rings. The highest BCUT2D eigenvalue weighted by atomic mass is 19.1. The largest absolute Gasteiger partial charge is 0.348 e. The first-order valence-electron chi connectivity index (χ1n) is 7.71. The van der Waals surface area contributed by atoms with Crippen molar-refractivity contribution >= 4 is 17.9 Å². The third-order valence-corrected chi connectivity index (χ3v) is 3.46. The first-order valence-corrected chi connectivity index (χ1v) is 7.71. The third-order valence-electron chi connectivity index (χ3n) is 3.46. The Morgan fingerprint density at radius 1 is 1.12 bits per heavy atom. The van der Waals surface area contributed by atoms with Gasteiger partial charge in [0, 0.05) is 17.7 Å². The van der Waals surface area contributed by atoms with E-state index in [9.17, 15) is 18.4 Å². The van der Waals surface area contributed by atoms with Crippen LogP contribution in [0.15, 0.2) is 54.6 Å². The van der Waals surface area contributed by atoms with Gasteiger partial charge in [-0.25, -0.2) is 8.78 Å². The Morgan fingerprint density at radius 3 is 2.52 bits per heavy atom. The number of amides is 2. The molecule has 6 heteroatoms. The van der Waals surface area contributed by atoms with Crippen LogP contribution in [0, 0.1) is 11.6 Å². The number of benzene rings is 2. The Labute approximate surface area is 144 Å². The summed E-state index contributed by atoms with van der Waals surface area (Å²) in [5.41, 5.74) is 1.03. The van der Waals surface area contributed by atoms with Gasteiger partial charge in [0.05, 0.1) is 12.6 Å². The lowest BCUT2D eigenvalue weighted by molar-refractivity contribution is -0.124. The lowest BCUT2D eigenvalue weighted by Gasteiger charge is -2.15. The minimum atomic E-state index is -0.734. The number of hydrogen-bond donors (Lipinski definition) is 2. The summed E-state index contributed by atoms with van der Waals surface area (Å²) in [5, 5.41) is 4.99. The molecule has 1 atom stereocenters. The van der Waals surface area contributed by atoms with E-state index in [1.165, 1.54) is 12.1 Å². The average Bonchev–Trinajstić information content (AvgIpc) is 2.59. The van der Waals surface area contributed by atoms with E-state index in [0.29, 0.717) is 0 Å². The molecule has 2 aromatic rings. The van der Waals surface area contributed by atoms with Crippen molar-refractivity contribution in [3.05, 3.63) is 77.4 Å². The van der Waals surface area contributed by atoms with Crippen LogP contribution in [-0.2, 0) is 9.59 Å². The lowest BCUT2D eigenvalue weighted by Crippen LogP contribution is -2.37. The van der Waals surface area contributed by atoms with Crippen LogP contribution in [0.1, 0.15) is 24.1 Å². The van der Waals surface area contributed by atoms with Crippen molar-refractivity contribution in [2.45, 2.75) is 13.0 Å². The van der Waals surface area contributed by atoms with Crippen molar-refractivity contribution in [1.82, 2.24) is 10.6 Å². The second-order valence-electron chi connectivity index (χ2n) is 5.42. The number of hydrogen-bond acceptors (Lipinski definition) is 2. The highest BCUT2D eigenvalue weighted by Gasteiger charge is 2.14. The summed E-state index contributed by atoms with van der Waals surface area (Å²) >= 11 is 0. The zero-order chi connectivity index (χ0) is 18.2. The zero-order valence-electron chi connectivity index (χ0n) is 13.6. The number of rotatable bonds is 6. The third kappa shape index (κ3) is 5.84. The molecule has 0 heterocycles. The molecule has 2 amide bonds. The summed E-state index contributed by atoms with van der Waals surface area (Å²) < 4.78 is 26.6. The molecule has 0 unspecified atom stereocenters. The fourth-order valence-corrected chi connectivity index (χ4v) is 2.19. The Hall–Kier alpha value is -3.02. The number of carbonyl (C=O) groups excluding carboxylic acids is 2. The minimum Gasteiger partial charge on any atom is -0.348 e. The van der Waals surface area contributed by atoms with Crippen molar-refractivity contribution in [2.75, 3.05) is 6.54 Å². The van der Waals surface area contributed by atoms with Gasteiger partial charge >= 0.3 is 0 Å². The van der Waals surface area contributed by atoms with E-state index in [2.05, 4.69) is 10.6 Å². The van der Waals surface area contributed by atoms with Gasteiger partial charge in [-0.1, -0.05) is 36.4 Å². The van der Waals surface area contributed by atoms with Crippen LogP contribution in [0.4, 0.5) is 8.78 Å². The lowest BCUT2D eigenvalue weighted by atomic mass is 10.1. The normalized spacial score (nSPS) is 12.0. The van der Waals surface area contributed by atoms with Crippen LogP contribution in [0.3, 0.4) is 0 Å². The molecule has 25 heavy (non-hydrogen) atoms. The van der Waals surface area contributed by atoms with Crippen LogP contribution in [0.2, 0.25) is 0 Å². The van der Waals surface area contributed by atoms with Gasteiger partial charge in [-0.15, -0.1) is 0 Å². The predicted molar refractivity (Wildman–Crippen MR) is 91.4 cm³/mol. The molecular weight excluding hydrogens is 326 g/mol. The molecule has 0 aromatic heterocycles. The molecule has 0 fully saturated rings. The SMILES string of the molecule is C[C@H](NC(=O)CNC(=O)/C=C/c1ccccc1)c1ccc(F)cc1F. The highest BCUT2D eigenvalue weighted by molar-refractivity contribution is 5.94. The molecule has 0 bridgehead atoms. The van der Waals surface area contributed by atoms with Gasteiger partial charge in [0.15, 0.2) is 0 Å². The Kier molecular flexibility index (Phi) is 6.39. The summed E-state index contributed by atoms with van der Waals surface area (Å²) in [7, 11) is 0. The maximum absolute atomic E-state index is 13.7. The molecule has 0 aliphatic carbocycles. The summed E-state index contributed by atoms with van der Waals surface area (Å²) in [4.78, 5) is 23.5. The van der Waals surface area contributed by atoms with Crippen LogP contribution in [0.25, 0.3) is 6.08 Å². The maximum atomic E-state index is 13.7. The fraction of sp³-hybridized carbons (Fsp3) is 0.158. The molecule has 0 aliphatic heterocycles. The van der Waals surface area contributed by atoms with Gasteiger partial charge in [-0.05, 0) is 24.6 Å². The van der Waals surface area contributed by atoms with Gasteiger partial charge in [0.2, 0.25) is 11.8 Å². The van der Waals surface area contributed by atoms with Crippen molar-refractivity contribution in [3.63, 3.8) is 0 Å². The Bertz CT molecular complexity index is 776. The number of carbonyl (C=O) groups is 2. The summed E-state index contributed by atoms with van der Waals surface area (Å²) in [6, 6.07) is 11.8. The zero-order valence-corrected chi connectivity index (χ0v) is 13.6. The summed E-state index contributed by atoms with van der Waals surface area (Å²) in [6.07, 6.45) is 2.95. The quantitative estimate of drug-likeness (QED) is 0.792. The van der Waals surface area contributed by atoms with Gasteiger partial charge in [-0.2, -0.15) is 0 Å². The minimum absolute atomic E-state index is 0.171. The molecular formula is C19H18F2N2O2. The summed E-state index contributed by atoms with van der Waals surface area (Å²) in [5.74, 6) is -2.31. The predicted octanol–water partition coefficient (Wildman–Crippen LogP) is 2.97. The monoisotopic (exact) mass is 344 g/mol. The topological polar surface area (TPSA) is 58.2 Å². The fourth-order valence-electron chi connectivity index (χ4n) is 2.19. The second-order valence-corrected chi connectivity index (χ2v) is 5.42. The van der Waals surface area contributed by atoms with E-state index < -0.39 is 29.5 Å². The van der Waals surface area contributed by atoms with Crippen molar-refractivity contribution in [2.24, 2.45) is 0 Å². The van der Waals surface area contributed by atoms with E-state index in [1.807, 2.05) is 30.3 Å². The molecule has 2 N–H and O–H groups in total. The van der Waals surface area contributed by atoms with E-state index in [0.717, 1.165) is 17.7 Å². The first-order chi connectivity index (χ1) is 12.0. The average molecular weight is 344 g/mol. The molecule has 130 valence electrons. The molecule has 0 saturated heterocycles. The van der Waals surface area contributed by atoms with Gasteiger partial charge in [-0.3, -0.25) is 9.59 Å². The van der Waals surface area contributed by atoms with Crippen molar-refractivity contribution < 1.29 is 18.4 Å². The molecule has 2 rings (SSSR count). The van der Waals surface area contributed by atoms with Gasteiger partial charge in [0.1, 0.15) is 11.6 Å². The van der Waals surface area contributed by atoms with Gasteiger partial charge < -0.3 is 10.6 Å². The number of halogens is 2. The molecule has 0 spiro atoms. The number of nitrogens with one attached hydrogen (secondary N) is 2. The van der Waals surface area contributed by atoms with Crippen LogP contribution in [-0.4, -0.2) is 18.4 Å². The van der Waals surface area contributed by atoms with Crippen LogP contribution >= 0.6 is 0 Å². The molecule has 4 nitrogen and oxygen atoms in total. The van der Waals surface area contributed by atoms with Crippen molar-refractivity contribution in [1.29, 1.82) is 0 Å². The molecule has 2 aromatic carbocycles. The van der Waals surface area contributed by atoms with E-state index >= 15 is 0 Å². The second kappa shape index (κ2) is 8.73. The first kappa shape index (κ1) is 18.3. The molecule has 0 saturated carbocycles. The summed E-state index contributed by atoms with van der Waals surface area (Å²) in [6.45, 7) is 1.33. The maximum Gasteiger partial charge on any atom is 0.244 e.